The molecule has 0 aromatic heterocycles. The molecule has 0 amide bonds. The Labute approximate surface area is 416 Å². The minimum atomic E-state index is -3.07. The highest BCUT2D eigenvalue weighted by Gasteiger charge is 2.73. The van der Waals surface area contributed by atoms with Crippen LogP contribution in [0.25, 0.3) is 0 Å². The van der Waals surface area contributed by atoms with E-state index in [-0.39, 0.29) is 6.42 Å². The molecule has 0 fully saturated rings. The van der Waals surface area contributed by atoms with Gasteiger partial charge in [-0.05, 0) is 40.8 Å². The van der Waals surface area contributed by atoms with E-state index < -0.39 is 78.7 Å². The Bertz CT molecular complexity index is 1290. The van der Waals surface area contributed by atoms with Crippen LogP contribution >= 0.6 is 313 Å². The van der Waals surface area contributed by atoms with Gasteiger partial charge in [0.25, 0.3) is 0 Å². The van der Waals surface area contributed by atoms with E-state index in [1.807, 2.05) is 0 Å². The SMILES string of the molecule is CCC([O])c1c(C(Cl)(Cl)C(Cl)(Cl)C(Cl)(Cl)C(Cl)(Cl)Cl)cc(C(Cl)(Cl)C(Cl)(Cl)C(Cl)(Cl)C(Cl)(Cl)Cl)cc1C(Cl)(Cl)C(Cl)(Cl)C(Cl)(Cl)C(Cl)(Cl)Cl. The zero-order chi connectivity index (χ0) is 40.0. The zero-order valence-electron chi connectivity index (χ0n) is 22.1. The molecule has 1 aromatic rings. The van der Waals surface area contributed by atoms with Crippen LogP contribution in [0.1, 0.15) is 41.7 Å². The maximum atomic E-state index is 13.9. The Kier molecular flexibility index (Phi) is 18.8. The summed E-state index contributed by atoms with van der Waals surface area (Å²) in [6, 6.07) is 1.64. The largest absolute Gasteiger partial charge is 0.228 e. The molecule has 0 saturated heterocycles. The van der Waals surface area contributed by atoms with E-state index in [2.05, 4.69) is 0 Å². The average molecular weight is 1230 g/mol. The minimum Gasteiger partial charge on any atom is -0.228 e. The van der Waals surface area contributed by atoms with Gasteiger partial charge in [-0.25, -0.2) is 5.11 Å². The molecule has 1 atom stereocenters. The molecule has 1 unspecified atom stereocenters. The molecule has 0 saturated carbocycles. The van der Waals surface area contributed by atoms with Gasteiger partial charge in [-0.1, -0.05) is 320 Å². The first-order chi connectivity index (χ1) is 20.9. The van der Waals surface area contributed by atoms with Crippen LogP contribution in [0.5, 0.6) is 0 Å². The van der Waals surface area contributed by atoms with Crippen LogP contribution in [0.2, 0.25) is 0 Å². The molecule has 0 aliphatic heterocycles. The van der Waals surface area contributed by atoms with E-state index in [1.165, 1.54) is 6.92 Å². The predicted molar refractivity (Wildman–Crippen MR) is 228 cm³/mol. The number of hydrogen-bond donors (Lipinski definition) is 0. The fourth-order valence-corrected chi connectivity index (χ4v) is 10.3. The van der Waals surface area contributed by atoms with Crippen LogP contribution in [0.4, 0.5) is 0 Å². The third-order valence-electron chi connectivity index (χ3n) is 6.35. The topological polar surface area (TPSA) is 19.9 Å². The van der Waals surface area contributed by atoms with E-state index in [0.717, 1.165) is 12.1 Å². The Hall–Kier alpha value is 7.01. The van der Waals surface area contributed by atoms with Crippen molar-refractivity contribution in [1.82, 2.24) is 0 Å². The molecule has 0 aliphatic rings. The molecule has 1 rings (SSSR count). The average Bonchev–Trinajstić information content (AvgIpc) is 2.89. The van der Waals surface area contributed by atoms with Gasteiger partial charge in [-0.15, -0.1) is 0 Å². The minimum absolute atomic E-state index is 0.335. The molecule has 1 aromatic carbocycles. The first-order valence-corrected chi connectivity index (χ1v) is 21.6. The lowest BCUT2D eigenvalue weighted by molar-refractivity contribution is 0.0835. The van der Waals surface area contributed by atoms with Gasteiger partial charge in [0.15, 0.2) is 26.0 Å². The number of rotatable bonds is 11. The van der Waals surface area contributed by atoms with E-state index in [9.17, 15) is 5.11 Å². The summed E-state index contributed by atoms with van der Waals surface area (Å²) in [6.07, 6.45) is -2.35. The van der Waals surface area contributed by atoms with Crippen molar-refractivity contribution in [3.8, 4) is 0 Å². The highest BCUT2D eigenvalue weighted by atomic mass is 35.6. The maximum absolute atomic E-state index is 13.9. The molecular weight excluding hydrogens is 1230 g/mol. The number of alkyl halides is 27. The van der Waals surface area contributed by atoms with Gasteiger partial charge in [0.1, 0.15) is 6.10 Å². The van der Waals surface area contributed by atoms with E-state index in [1.54, 1.807) is 0 Å². The zero-order valence-corrected chi connectivity index (χ0v) is 42.5. The summed E-state index contributed by atoms with van der Waals surface area (Å²) in [7, 11) is 0. The molecule has 0 heterocycles. The van der Waals surface area contributed by atoms with Gasteiger partial charge in [-0.3, -0.25) is 0 Å². The normalized spacial score (nSPS) is 16.7. The van der Waals surface area contributed by atoms with Crippen LogP contribution in [0.15, 0.2) is 12.1 Å². The monoisotopic (exact) mass is 1220 g/mol. The lowest BCUT2D eigenvalue weighted by Gasteiger charge is -2.48. The number of halogens is 27. The third kappa shape index (κ3) is 9.43. The van der Waals surface area contributed by atoms with Crippen LogP contribution < -0.4 is 0 Å². The van der Waals surface area contributed by atoms with Crippen LogP contribution in [0.3, 0.4) is 0 Å². The van der Waals surface area contributed by atoms with Crippen molar-refractivity contribution in [1.29, 1.82) is 0 Å². The molecule has 28 heteroatoms. The Balaban J connectivity index is 4.84. The molecule has 0 aliphatic carbocycles. The molecule has 1 radical (unpaired) electrons. The maximum Gasteiger partial charge on any atom is 0.226 e. The van der Waals surface area contributed by atoms with Crippen molar-refractivity contribution < 1.29 is 5.11 Å². The Morgan fingerprint density at radius 1 is 0.408 bits per heavy atom. The summed E-state index contributed by atoms with van der Waals surface area (Å²) in [4.78, 5) is 0. The van der Waals surface area contributed by atoms with Crippen LogP contribution in [0, 0.1) is 0 Å². The summed E-state index contributed by atoms with van der Waals surface area (Å²) < 4.78 is -35.3. The van der Waals surface area contributed by atoms with Gasteiger partial charge < -0.3 is 0 Å². The lowest BCUT2D eigenvalue weighted by Crippen LogP contribution is -2.57. The summed E-state index contributed by atoms with van der Waals surface area (Å²) in [6.45, 7) is 1.38. The summed E-state index contributed by atoms with van der Waals surface area (Å²) >= 11 is 172. The first-order valence-electron chi connectivity index (χ1n) is 11.4. The standard InChI is InChI=1S/C21H8Cl27O/c1-2-8(49)9-6(11(24,25)14(30,31)17(36,37)20(43,44)45)3-5(10(22,23)13(28,29)16(34,35)19(40,41)42)4-7(9)12(26,27)15(32,33)18(38,39)21(46,47)48/h3-4,8H,2H2,1H3. The molecular formula is C21H8Cl27O. The first kappa shape index (κ1) is 54.0. The molecule has 49 heavy (non-hydrogen) atoms. The van der Waals surface area contributed by atoms with Crippen molar-refractivity contribution in [2.75, 3.05) is 0 Å². The fraction of sp³-hybridized carbons (Fsp3) is 0.714. The number of benzene rings is 1. The second-order valence-corrected chi connectivity index (χ2v) is 28.3. The van der Waals surface area contributed by atoms with Crippen molar-refractivity contribution in [3.05, 3.63) is 34.4 Å². The van der Waals surface area contributed by atoms with Crippen molar-refractivity contribution in [2.24, 2.45) is 0 Å². The second kappa shape index (κ2) is 17.1. The summed E-state index contributed by atoms with van der Waals surface area (Å²) in [5, 5.41) is 13.9. The third-order valence-corrected chi connectivity index (χ3v) is 22.7. The molecule has 287 valence electrons. The van der Waals surface area contributed by atoms with Gasteiger partial charge in [0.05, 0.1) is 0 Å². The van der Waals surface area contributed by atoms with Crippen molar-refractivity contribution in [3.63, 3.8) is 0 Å². The predicted octanol–water partition coefficient (Wildman–Crippen LogP) is 18.6. The van der Waals surface area contributed by atoms with Crippen molar-refractivity contribution in [2.45, 2.75) is 69.8 Å². The van der Waals surface area contributed by atoms with Crippen LogP contribution in [-0.2, 0) is 18.1 Å². The second-order valence-electron chi connectivity index (χ2n) is 9.54. The quantitative estimate of drug-likeness (QED) is 0.197. The van der Waals surface area contributed by atoms with E-state index in [4.69, 9.17) is 313 Å². The molecule has 0 bridgehead atoms. The van der Waals surface area contributed by atoms with Gasteiger partial charge in [0, 0.05) is 0 Å². The summed E-state index contributed by atoms with van der Waals surface area (Å²) in [5.74, 6) is 0. The molecule has 1 nitrogen and oxygen atoms in total. The Morgan fingerprint density at radius 2 is 0.633 bits per heavy atom. The van der Waals surface area contributed by atoms with Gasteiger partial charge in [0.2, 0.25) is 24.4 Å². The lowest BCUT2D eigenvalue weighted by atomic mass is 9.85. The van der Waals surface area contributed by atoms with Crippen molar-refractivity contribution >= 4 is 313 Å². The smallest absolute Gasteiger partial charge is 0.226 e. The molecule has 0 N–H and O–H groups in total. The van der Waals surface area contributed by atoms with E-state index in [0.29, 0.717) is 0 Å². The molecule has 0 spiro atoms. The number of hydrogen-bond acceptors (Lipinski definition) is 0. The highest BCUT2D eigenvalue weighted by molar-refractivity contribution is 6.82. The van der Waals surface area contributed by atoms with Gasteiger partial charge in [-0.2, -0.15) is 0 Å². The Morgan fingerprint density at radius 3 is 0.837 bits per heavy atom. The fourth-order valence-electron chi connectivity index (χ4n) is 3.55. The van der Waals surface area contributed by atoms with E-state index >= 15 is 0 Å². The van der Waals surface area contributed by atoms with Crippen LogP contribution in [-0.4, -0.2) is 37.4 Å². The van der Waals surface area contributed by atoms with Gasteiger partial charge >= 0.3 is 0 Å². The highest BCUT2D eigenvalue weighted by Crippen LogP contribution is 2.71. The summed E-state index contributed by atoms with van der Waals surface area (Å²) in [5.41, 5.74) is -2.82.